The maximum Gasteiger partial charge on any atom is 0.156 e. The van der Waals surface area contributed by atoms with Crippen LogP contribution in [0, 0.1) is 5.92 Å². The maximum atomic E-state index is 8.08. The Morgan fingerprint density at radius 1 is 1.25 bits per heavy atom. The summed E-state index contributed by atoms with van der Waals surface area (Å²) in [5, 5.41) is 17.7. The van der Waals surface area contributed by atoms with Gasteiger partial charge in [0.25, 0.3) is 0 Å². The van der Waals surface area contributed by atoms with Crippen molar-refractivity contribution in [1.82, 2.24) is 14.5 Å². The van der Waals surface area contributed by atoms with Crippen LogP contribution in [0.4, 0.5) is 0 Å². The maximum absolute atomic E-state index is 8.08. The molecule has 1 aliphatic carbocycles. The van der Waals surface area contributed by atoms with Crippen LogP contribution in [-0.2, 0) is 0 Å². The predicted octanol–water partition coefficient (Wildman–Crippen LogP) is 4.57. The summed E-state index contributed by atoms with van der Waals surface area (Å²) >= 11 is 6.07. The zero-order valence-electron chi connectivity index (χ0n) is 15.3. The van der Waals surface area contributed by atoms with Crippen molar-refractivity contribution in [3.8, 4) is 0 Å². The van der Waals surface area contributed by atoms with Crippen LogP contribution in [0.15, 0.2) is 18.6 Å². The van der Waals surface area contributed by atoms with Crippen molar-refractivity contribution in [3.63, 3.8) is 0 Å². The molecule has 24 heavy (non-hydrogen) atoms. The number of fused-ring (bicyclic) bond motifs is 1. The molecule has 1 aliphatic rings. The molecule has 0 radical (unpaired) electrons. The van der Waals surface area contributed by atoms with E-state index < -0.39 is 5.79 Å². The summed E-state index contributed by atoms with van der Waals surface area (Å²) in [6, 6.07) is 2.61. The second-order valence-corrected chi connectivity index (χ2v) is 6.72. The van der Waals surface area contributed by atoms with Gasteiger partial charge in [0.1, 0.15) is 17.1 Å². The Kier molecular flexibility index (Phi) is 8.13. The van der Waals surface area contributed by atoms with Crippen molar-refractivity contribution in [2.45, 2.75) is 72.1 Å². The summed E-state index contributed by atoms with van der Waals surface area (Å²) in [5.41, 5.74) is 0.978. The van der Waals surface area contributed by atoms with E-state index in [2.05, 4.69) is 27.7 Å². The lowest BCUT2D eigenvalue weighted by molar-refractivity contribution is -0.127. The average Bonchev–Trinajstić information content (AvgIpc) is 3.14. The van der Waals surface area contributed by atoms with E-state index in [1.807, 2.05) is 19.9 Å². The third kappa shape index (κ3) is 6.04. The smallest absolute Gasteiger partial charge is 0.156 e. The summed E-state index contributed by atoms with van der Waals surface area (Å²) in [7, 11) is 0. The van der Waals surface area contributed by atoms with Gasteiger partial charge in [-0.2, -0.15) is 0 Å². The highest BCUT2D eigenvalue weighted by atomic mass is 35.5. The molecular weight excluding hydrogens is 326 g/mol. The van der Waals surface area contributed by atoms with Gasteiger partial charge in [-0.1, -0.05) is 38.8 Å². The normalized spacial score (nSPS) is 20.2. The zero-order chi connectivity index (χ0) is 18.3. The molecule has 0 amide bonds. The molecule has 0 aromatic carbocycles. The minimum absolute atomic E-state index is 0.554. The molecule has 0 bridgehead atoms. The molecule has 3 rings (SSSR count). The van der Waals surface area contributed by atoms with E-state index in [0.717, 1.165) is 17.0 Å². The first-order chi connectivity index (χ1) is 11.3. The summed E-state index contributed by atoms with van der Waals surface area (Å²) in [4.78, 5) is 8.38. The first kappa shape index (κ1) is 20.9. The van der Waals surface area contributed by atoms with Gasteiger partial charge in [0.05, 0.1) is 5.39 Å². The quantitative estimate of drug-likeness (QED) is 0.611. The molecule has 2 heterocycles. The fourth-order valence-corrected chi connectivity index (χ4v) is 3.10. The van der Waals surface area contributed by atoms with Gasteiger partial charge in [0, 0.05) is 12.2 Å². The Hall–Kier alpha value is -1.17. The highest BCUT2D eigenvalue weighted by molar-refractivity contribution is 6.33. The lowest BCUT2D eigenvalue weighted by Crippen LogP contribution is -2.15. The topological polar surface area (TPSA) is 71.2 Å². The van der Waals surface area contributed by atoms with Gasteiger partial charge < -0.3 is 14.8 Å². The number of nitrogens with zero attached hydrogens (tertiary/aromatic N) is 3. The van der Waals surface area contributed by atoms with E-state index in [9.17, 15) is 0 Å². The average molecular weight is 356 g/mol. The lowest BCUT2D eigenvalue weighted by atomic mass is 10.1. The van der Waals surface area contributed by atoms with Gasteiger partial charge in [-0.3, -0.25) is 0 Å². The van der Waals surface area contributed by atoms with E-state index in [-0.39, 0.29) is 0 Å². The van der Waals surface area contributed by atoms with Gasteiger partial charge >= 0.3 is 0 Å². The Bertz CT molecular complexity index is 616. The minimum atomic E-state index is -1.50. The molecule has 1 saturated carbocycles. The first-order valence-electron chi connectivity index (χ1n) is 8.71. The summed E-state index contributed by atoms with van der Waals surface area (Å²) in [5.74, 6) is -0.630. The van der Waals surface area contributed by atoms with Crippen LogP contribution in [0.3, 0.4) is 0 Å². The molecule has 2 aromatic heterocycles. The molecule has 2 aromatic rings. The first-order valence-corrected chi connectivity index (χ1v) is 9.09. The van der Waals surface area contributed by atoms with Gasteiger partial charge in [0.15, 0.2) is 5.79 Å². The molecular formula is C18H30ClN3O2. The van der Waals surface area contributed by atoms with E-state index >= 15 is 0 Å². The van der Waals surface area contributed by atoms with Crippen molar-refractivity contribution in [1.29, 1.82) is 0 Å². The number of halogens is 1. The molecule has 2 atom stereocenters. The largest absolute Gasteiger partial charge is 0.366 e. The van der Waals surface area contributed by atoms with Crippen molar-refractivity contribution < 1.29 is 10.2 Å². The van der Waals surface area contributed by atoms with Gasteiger partial charge in [-0.05, 0) is 45.1 Å². The number of aromatic nitrogens is 3. The number of aliphatic hydroxyl groups is 2. The van der Waals surface area contributed by atoms with E-state index in [0.29, 0.717) is 11.2 Å². The van der Waals surface area contributed by atoms with Crippen molar-refractivity contribution in [3.05, 3.63) is 23.7 Å². The van der Waals surface area contributed by atoms with Crippen molar-refractivity contribution in [2.24, 2.45) is 5.92 Å². The van der Waals surface area contributed by atoms with Crippen LogP contribution >= 0.6 is 11.6 Å². The van der Waals surface area contributed by atoms with Crippen LogP contribution in [-0.4, -0.2) is 30.5 Å². The monoisotopic (exact) mass is 355 g/mol. The second kappa shape index (κ2) is 9.35. The molecule has 0 spiro atoms. The van der Waals surface area contributed by atoms with Gasteiger partial charge in [-0.25, -0.2) is 9.97 Å². The standard InChI is InChI=1S/C13H16ClN3.C3H8O2.C2H6/c1-2-9-3-4-10(7-9)17-6-5-11-12(14)15-8-16-13(11)17;1-3(2,4)5;1-2/h5-6,8-10H,2-4,7H2,1H3;4-5H,1-2H3;1-2H3. The Morgan fingerprint density at radius 2 is 1.88 bits per heavy atom. The van der Waals surface area contributed by atoms with Crippen LogP contribution in [0.25, 0.3) is 11.0 Å². The number of rotatable bonds is 2. The summed E-state index contributed by atoms with van der Waals surface area (Å²) in [6.45, 7) is 8.87. The fourth-order valence-electron chi connectivity index (χ4n) is 2.91. The van der Waals surface area contributed by atoms with Crippen molar-refractivity contribution >= 4 is 22.6 Å². The van der Waals surface area contributed by atoms with Gasteiger partial charge in [-0.15, -0.1) is 0 Å². The predicted molar refractivity (Wildman–Crippen MR) is 99.1 cm³/mol. The second-order valence-electron chi connectivity index (χ2n) is 6.36. The van der Waals surface area contributed by atoms with E-state index in [1.54, 1.807) is 6.33 Å². The third-order valence-corrected chi connectivity index (χ3v) is 4.25. The van der Waals surface area contributed by atoms with Crippen LogP contribution < -0.4 is 0 Å². The fraction of sp³-hybridized carbons (Fsp3) is 0.667. The zero-order valence-corrected chi connectivity index (χ0v) is 16.1. The highest BCUT2D eigenvalue weighted by Gasteiger charge is 2.25. The Balaban J connectivity index is 0.000000356. The third-order valence-electron chi connectivity index (χ3n) is 3.94. The van der Waals surface area contributed by atoms with Crippen LogP contribution in [0.2, 0.25) is 5.15 Å². The SMILES string of the molecule is CC.CC(C)(O)O.CCC1CCC(n2ccc3c(Cl)ncnc32)C1. The Morgan fingerprint density at radius 3 is 2.42 bits per heavy atom. The van der Waals surface area contributed by atoms with E-state index in [1.165, 1.54) is 39.5 Å². The van der Waals surface area contributed by atoms with E-state index in [4.69, 9.17) is 21.8 Å². The molecule has 2 N–H and O–H groups in total. The molecule has 136 valence electrons. The van der Waals surface area contributed by atoms with Crippen LogP contribution in [0.1, 0.15) is 66.3 Å². The molecule has 6 heteroatoms. The summed E-state index contributed by atoms with van der Waals surface area (Å²) in [6.07, 6.45) is 8.79. The molecule has 1 fully saturated rings. The molecule has 0 saturated heterocycles. The van der Waals surface area contributed by atoms with Crippen molar-refractivity contribution in [2.75, 3.05) is 0 Å². The molecule has 2 unspecified atom stereocenters. The number of hydrogen-bond acceptors (Lipinski definition) is 4. The highest BCUT2D eigenvalue weighted by Crippen LogP contribution is 2.38. The van der Waals surface area contributed by atoms with Crippen LogP contribution in [0.5, 0.6) is 0 Å². The minimum Gasteiger partial charge on any atom is -0.366 e. The molecule has 0 aliphatic heterocycles. The molecule has 5 nitrogen and oxygen atoms in total. The summed E-state index contributed by atoms with van der Waals surface area (Å²) < 4.78 is 2.28. The lowest BCUT2D eigenvalue weighted by Gasteiger charge is -2.13. The number of hydrogen-bond donors (Lipinski definition) is 2. The van der Waals surface area contributed by atoms with Gasteiger partial charge in [0.2, 0.25) is 0 Å². The Labute approximate surface area is 149 Å².